The average molecular weight is 367 g/mol. The van der Waals surface area contributed by atoms with Crippen LogP contribution in [0.25, 0.3) is 0 Å². The summed E-state index contributed by atoms with van der Waals surface area (Å²) in [5, 5.41) is 1.62. The molecule has 1 fully saturated rings. The lowest BCUT2D eigenvalue weighted by molar-refractivity contribution is 0.574. The smallest absolute Gasteiger partial charge is 0.0945 e. The van der Waals surface area contributed by atoms with E-state index in [0.29, 0.717) is 4.08 Å². The molecule has 2 atom stereocenters. The molecule has 2 aromatic rings. The van der Waals surface area contributed by atoms with Crippen LogP contribution in [0.3, 0.4) is 0 Å². The number of thioether (sulfide) groups is 2. The van der Waals surface area contributed by atoms with Crippen LogP contribution in [0, 0.1) is 0 Å². The third-order valence-electron chi connectivity index (χ3n) is 4.39. The second kappa shape index (κ2) is 8.00. The summed E-state index contributed by atoms with van der Waals surface area (Å²) in [7, 11) is 0. The molecule has 1 aliphatic rings. The van der Waals surface area contributed by atoms with Gasteiger partial charge in [-0.05, 0) is 43.4 Å². The summed E-state index contributed by atoms with van der Waals surface area (Å²) in [5.74, 6) is 1.28. The van der Waals surface area contributed by atoms with E-state index in [1.54, 1.807) is 0 Å². The van der Waals surface area contributed by atoms with E-state index >= 15 is 0 Å². The average Bonchev–Trinajstić information content (AvgIpc) is 3.23. The Morgan fingerprint density at radius 3 is 2.78 bits per heavy atom. The van der Waals surface area contributed by atoms with E-state index in [4.69, 9.17) is 11.6 Å². The molecule has 2 unspecified atom stereocenters. The monoisotopic (exact) mass is 366 g/mol. The number of imidazole rings is 1. The van der Waals surface area contributed by atoms with Gasteiger partial charge in [-0.2, -0.15) is 0 Å². The summed E-state index contributed by atoms with van der Waals surface area (Å²) in [5.41, 5.74) is 1.39. The van der Waals surface area contributed by atoms with Gasteiger partial charge in [0.2, 0.25) is 0 Å². The van der Waals surface area contributed by atoms with E-state index in [9.17, 15) is 0 Å². The summed E-state index contributed by atoms with van der Waals surface area (Å²) in [6.45, 7) is 3.36. The van der Waals surface area contributed by atoms with Gasteiger partial charge in [-0.3, -0.25) is 0 Å². The van der Waals surface area contributed by atoms with Crippen molar-refractivity contribution in [1.29, 1.82) is 0 Å². The molecular formula is C18H23ClN2S2. The molecular weight excluding hydrogens is 344 g/mol. The number of benzene rings is 1. The number of rotatable bonds is 7. The van der Waals surface area contributed by atoms with Gasteiger partial charge < -0.3 is 4.57 Å². The minimum atomic E-state index is 0.338. The third kappa shape index (κ3) is 4.71. The second-order valence-corrected chi connectivity index (χ2v) is 9.83. The summed E-state index contributed by atoms with van der Waals surface area (Å²) < 4.78 is 2.54. The molecule has 3 rings (SSSR count). The molecule has 2 heterocycles. The molecule has 1 saturated heterocycles. The second-order valence-electron chi connectivity index (χ2n) is 6.05. The number of aromatic nitrogens is 2. The first-order valence-corrected chi connectivity index (χ1v) is 10.5. The van der Waals surface area contributed by atoms with Crippen LogP contribution in [-0.4, -0.2) is 24.6 Å². The van der Waals surface area contributed by atoms with Gasteiger partial charge in [0.05, 0.1) is 10.4 Å². The summed E-state index contributed by atoms with van der Waals surface area (Å²) in [6.07, 6.45) is 10.7. The molecule has 0 amide bonds. The van der Waals surface area contributed by atoms with Crippen molar-refractivity contribution in [3.05, 3.63) is 53.6 Å². The first-order valence-electron chi connectivity index (χ1n) is 8.21. The maximum atomic E-state index is 5.99. The highest BCUT2D eigenvalue weighted by Crippen LogP contribution is 2.53. The SMILES string of the molecule is CCC1CSC(CCc2ccc(Cl)cc2)(CCn2ccnc2)S1. The number of nitrogens with zero attached hydrogens (tertiary/aromatic N) is 2. The molecule has 1 aromatic carbocycles. The first-order chi connectivity index (χ1) is 11.2. The highest BCUT2D eigenvalue weighted by Gasteiger charge is 2.39. The largest absolute Gasteiger partial charge is 0.337 e. The molecule has 2 nitrogen and oxygen atoms in total. The number of halogens is 1. The maximum Gasteiger partial charge on any atom is 0.0945 e. The van der Waals surface area contributed by atoms with Crippen LogP contribution in [0.15, 0.2) is 43.0 Å². The molecule has 1 aromatic heterocycles. The van der Waals surface area contributed by atoms with Crippen LogP contribution in [0.5, 0.6) is 0 Å². The van der Waals surface area contributed by atoms with Crippen LogP contribution in [0.1, 0.15) is 31.7 Å². The van der Waals surface area contributed by atoms with Crippen LogP contribution in [0.2, 0.25) is 5.02 Å². The minimum absolute atomic E-state index is 0.338. The number of aryl methyl sites for hydroxylation is 2. The molecule has 0 saturated carbocycles. The fourth-order valence-corrected chi connectivity index (χ4v) is 6.81. The Hall–Kier alpha value is -0.580. The quantitative estimate of drug-likeness (QED) is 0.643. The van der Waals surface area contributed by atoms with Crippen molar-refractivity contribution in [2.45, 2.75) is 48.5 Å². The van der Waals surface area contributed by atoms with Gasteiger partial charge in [-0.25, -0.2) is 4.98 Å². The van der Waals surface area contributed by atoms with Gasteiger partial charge in [0.15, 0.2) is 0 Å². The lowest BCUT2D eigenvalue weighted by Gasteiger charge is -2.28. The summed E-state index contributed by atoms with van der Waals surface area (Å²) in [4.78, 5) is 4.16. The molecule has 1 aliphatic heterocycles. The molecule has 0 radical (unpaired) electrons. The summed E-state index contributed by atoms with van der Waals surface area (Å²) >= 11 is 10.4. The Morgan fingerprint density at radius 2 is 2.13 bits per heavy atom. The van der Waals surface area contributed by atoms with Crippen LogP contribution >= 0.6 is 35.1 Å². The Kier molecular flexibility index (Phi) is 6.00. The topological polar surface area (TPSA) is 17.8 Å². The van der Waals surface area contributed by atoms with Crippen LogP contribution in [-0.2, 0) is 13.0 Å². The van der Waals surface area contributed by atoms with Crippen molar-refractivity contribution in [1.82, 2.24) is 9.55 Å². The predicted octanol–water partition coefficient (Wildman–Crippen LogP) is 5.51. The lowest BCUT2D eigenvalue weighted by Crippen LogP contribution is -2.21. The number of hydrogen-bond acceptors (Lipinski definition) is 3. The van der Waals surface area contributed by atoms with Gasteiger partial charge in [0.25, 0.3) is 0 Å². The number of hydrogen-bond donors (Lipinski definition) is 0. The van der Waals surface area contributed by atoms with Gasteiger partial charge in [0, 0.05) is 35.0 Å². The predicted molar refractivity (Wildman–Crippen MR) is 103 cm³/mol. The van der Waals surface area contributed by atoms with E-state index in [-0.39, 0.29) is 0 Å². The standard InChI is InChI=1S/C18H23ClN2S2/c1-2-17-13-22-18(23-17,9-11-21-12-10-20-14-21)8-7-15-3-5-16(19)6-4-15/h3-6,10,12,14,17H,2,7-9,11,13H2,1H3. The van der Waals surface area contributed by atoms with Gasteiger partial charge >= 0.3 is 0 Å². The Morgan fingerprint density at radius 1 is 1.30 bits per heavy atom. The highest BCUT2D eigenvalue weighted by atomic mass is 35.5. The van der Waals surface area contributed by atoms with Crippen LogP contribution in [0.4, 0.5) is 0 Å². The third-order valence-corrected chi connectivity index (χ3v) is 8.67. The van der Waals surface area contributed by atoms with Gasteiger partial charge in [-0.15, -0.1) is 23.5 Å². The van der Waals surface area contributed by atoms with E-state index < -0.39 is 0 Å². The fourth-order valence-electron chi connectivity index (χ4n) is 2.91. The molecule has 5 heteroatoms. The van der Waals surface area contributed by atoms with Crippen molar-refractivity contribution in [3.8, 4) is 0 Å². The van der Waals surface area contributed by atoms with E-state index in [2.05, 4.69) is 58.3 Å². The highest BCUT2D eigenvalue weighted by molar-refractivity contribution is 8.21. The molecule has 23 heavy (non-hydrogen) atoms. The van der Waals surface area contributed by atoms with Crippen molar-refractivity contribution < 1.29 is 0 Å². The van der Waals surface area contributed by atoms with E-state index in [0.717, 1.165) is 23.2 Å². The minimum Gasteiger partial charge on any atom is -0.337 e. The Balaban J connectivity index is 1.64. The molecule has 124 valence electrons. The maximum absolute atomic E-state index is 5.99. The zero-order valence-electron chi connectivity index (χ0n) is 13.5. The van der Waals surface area contributed by atoms with Gasteiger partial charge in [0.1, 0.15) is 0 Å². The Labute approximate surface area is 152 Å². The lowest BCUT2D eigenvalue weighted by atomic mass is 10.1. The molecule has 0 N–H and O–H groups in total. The van der Waals surface area contributed by atoms with Gasteiger partial charge in [-0.1, -0.05) is 30.7 Å². The zero-order valence-corrected chi connectivity index (χ0v) is 15.8. The first kappa shape index (κ1) is 17.2. The molecule has 0 spiro atoms. The summed E-state index contributed by atoms with van der Waals surface area (Å²) in [6, 6.07) is 8.32. The van der Waals surface area contributed by atoms with E-state index in [1.807, 2.05) is 24.7 Å². The molecule has 0 bridgehead atoms. The van der Waals surface area contributed by atoms with Crippen molar-refractivity contribution >= 4 is 35.1 Å². The zero-order chi connectivity index (χ0) is 16.1. The van der Waals surface area contributed by atoms with E-state index in [1.165, 1.54) is 30.6 Å². The van der Waals surface area contributed by atoms with Crippen LogP contribution < -0.4 is 0 Å². The van der Waals surface area contributed by atoms with Crippen molar-refractivity contribution in [2.24, 2.45) is 0 Å². The Bertz CT molecular complexity index is 600. The normalized spacial score (nSPS) is 24.2. The fraction of sp³-hybridized carbons (Fsp3) is 0.500. The van der Waals surface area contributed by atoms with Crippen molar-refractivity contribution in [2.75, 3.05) is 5.75 Å². The van der Waals surface area contributed by atoms with Crippen molar-refractivity contribution in [3.63, 3.8) is 0 Å². The molecule has 0 aliphatic carbocycles.